The second kappa shape index (κ2) is 8.25. The van der Waals surface area contributed by atoms with E-state index in [1.165, 1.54) is 13.0 Å². The fraction of sp³-hybridized carbons (Fsp3) is 0.385. The van der Waals surface area contributed by atoms with Crippen molar-refractivity contribution >= 4 is 29.3 Å². The van der Waals surface area contributed by atoms with E-state index in [-0.39, 0.29) is 17.3 Å². The Morgan fingerprint density at radius 2 is 2.10 bits per heavy atom. The van der Waals surface area contributed by atoms with Crippen LogP contribution in [0.4, 0.5) is 5.69 Å². The average molecular weight is 312 g/mol. The monoisotopic (exact) mass is 312 g/mol. The summed E-state index contributed by atoms with van der Waals surface area (Å²) < 4.78 is 4.95. The van der Waals surface area contributed by atoms with Crippen molar-refractivity contribution in [1.29, 1.82) is 0 Å². The molecule has 0 aromatic heterocycles. The van der Waals surface area contributed by atoms with Crippen LogP contribution in [0, 0.1) is 10.1 Å². The molecule has 0 aliphatic carbocycles. The number of amides is 1. The van der Waals surface area contributed by atoms with E-state index in [1.807, 2.05) is 0 Å². The Hall–Kier alpha value is -2.09. The van der Waals surface area contributed by atoms with E-state index < -0.39 is 17.0 Å². The number of benzene rings is 1. The van der Waals surface area contributed by atoms with Crippen molar-refractivity contribution < 1.29 is 19.2 Å². The molecule has 8 heteroatoms. The molecule has 0 aliphatic heterocycles. The van der Waals surface area contributed by atoms with E-state index in [2.05, 4.69) is 5.32 Å². The summed E-state index contributed by atoms with van der Waals surface area (Å²) in [4.78, 5) is 33.7. The molecule has 7 nitrogen and oxygen atoms in total. The van der Waals surface area contributed by atoms with Gasteiger partial charge in [-0.15, -0.1) is 11.8 Å². The van der Waals surface area contributed by atoms with Gasteiger partial charge < -0.3 is 10.1 Å². The number of carbonyl (C=O) groups excluding carboxylic acids is 2. The van der Waals surface area contributed by atoms with E-state index in [0.29, 0.717) is 11.4 Å². The van der Waals surface area contributed by atoms with Gasteiger partial charge in [-0.2, -0.15) is 0 Å². The number of nitro groups is 1. The van der Waals surface area contributed by atoms with Gasteiger partial charge in [0.25, 0.3) is 11.6 Å². The Kier molecular flexibility index (Phi) is 6.67. The van der Waals surface area contributed by atoms with Crippen LogP contribution in [0.2, 0.25) is 0 Å². The predicted molar refractivity (Wildman–Crippen MR) is 78.1 cm³/mol. The summed E-state index contributed by atoms with van der Waals surface area (Å²) in [6.45, 7) is 3.68. The molecule has 0 bridgehead atoms. The summed E-state index contributed by atoms with van der Waals surface area (Å²) in [5.74, 6) is -1.08. The van der Waals surface area contributed by atoms with Crippen LogP contribution < -0.4 is 5.32 Å². The van der Waals surface area contributed by atoms with Crippen molar-refractivity contribution in [2.75, 3.05) is 12.3 Å². The van der Waals surface area contributed by atoms with Crippen LogP contribution in [0.1, 0.15) is 13.8 Å². The number of nitrogens with one attached hydrogen (secondary N) is 1. The zero-order valence-electron chi connectivity index (χ0n) is 11.7. The lowest BCUT2D eigenvalue weighted by atomic mass is 10.3. The van der Waals surface area contributed by atoms with Gasteiger partial charge in [-0.3, -0.25) is 19.7 Å². The SMILES string of the molecule is CCNC(=O)[C@H](C)OC(=O)CSc1ccccc1[N+](=O)[O-]. The van der Waals surface area contributed by atoms with Gasteiger partial charge >= 0.3 is 5.97 Å². The third-order valence-electron chi connectivity index (χ3n) is 2.44. The van der Waals surface area contributed by atoms with Crippen molar-refractivity contribution in [3.8, 4) is 0 Å². The van der Waals surface area contributed by atoms with Crippen molar-refractivity contribution in [3.05, 3.63) is 34.4 Å². The number of likely N-dealkylation sites (N-methyl/N-ethyl adjacent to an activating group) is 1. The average Bonchev–Trinajstić information content (AvgIpc) is 2.45. The highest BCUT2D eigenvalue weighted by atomic mass is 32.2. The number of esters is 1. The first-order chi connectivity index (χ1) is 9.95. The first-order valence-electron chi connectivity index (χ1n) is 6.29. The smallest absolute Gasteiger partial charge is 0.317 e. The number of ether oxygens (including phenoxy) is 1. The van der Waals surface area contributed by atoms with Crippen LogP contribution in [-0.2, 0) is 14.3 Å². The maximum absolute atomic E-state index is 11.6. The Bertz CT molecular complexity index is 535. The van der Waals surface area contributed by atoms with Crippen LogP contribution in [0.25, 0.3) is 0 Å². The largest absolute Gasteiger partial charge is 0.452 e. The molecule has 0 spiro atoms. The lowest BCUT2D eigenvalue weighted by molar-refractivity contribution is -0.387. The van der Waals surface area contributed by atoms with Crippen molar-refractivity contribution in [2.45, 2.75) is 24.8 Å². The fourth-order valence-electron chi connectivity index (χ4n) is 1.47. The summed E-state index contributed by atoms with van der Waals surface area (Å²) in [7, 11) is 0. The minimum absolute atomic E-state index is 0.0629. The first kappa shape index (κ1) is 17.0. The quantitative estimate of drug-likeness (QED) is 0.356. The minimum atomic E-state index is -0.885. The van der Waals surface area contributed by atoms with E-state index in [4.69, 9.17) is 4.74 Å². The van der Waals surface area contributed by atoms with Crippen LogP contribution in [0.15, 0.2) is 29.2 Å². The van der Waals surface area contributed by atoms with E-state index >= 15 is 0 Å². The van der Waals surface area contributed by atoms with Crippen molar-refractivity contribution in [3.63, 3.8) is 0 Å². The summed E-state index contributed by atoms with van der Waals surface area (Å²) in [6, 6.07) is 6.13. The molecule has 0 radical (unpaired) electrons. The molecule has 0 unspecified atom stereocenters. The topological polar surface area (TPSA) is 98.5 Å². The lowest BCUT2D eigenvalue weighted by Crippen LogP contribution is -2.35. The van der Waals surface area contributed by atoms with Gasteiger partial charge in [-0.05, 0) is 19.9 Å². The van der Waals surface area contributed by atoms with Crippen molar-refractivity contribution in [2.24, 2.45) is 0 Å². The number of carbonyl (C=O) groups is 2. The maximum Gasteiger partial charge on any atom is 0.317 e. The molecular weight excluding hydrogens is 296 g/mol. The zero-order chi connectivity index (χ0) is 15.8. The van der Waals surface area contributed by atoms with E-state index in [0.717, 1.165) is 11.8 Å². The Morgan fingerprint density at radius 3 is 2.71 bits per heavy atom. The molecule has 1 aromatic carbocycles. The van der Waals surface area contributed by atoms with Gasteiger partial charge in [0.1, 0.15) is 0 Å². The second-order valence-corrected chi connectivity index (χ2v) is 5.06. The molecule has 0 saturated carbocycles. The Balaban J connectivity index is 2.54. The van der Waals surface area contributed by atoms with Crippen LogP contribution in [-0.4, -0.2) is 35.2 Å². The van der Waals surface area contributed by atoms with Gasteiger partial charge in [0.15, 0.2) is 6.10 Å². The first-order valence-corrected chi connectivity index (χ1v) is 7.27. The molecule has 114 valence electrons. The number of hydrogen-bond donors (Lipinski definition) is 1. The molecule has 0 saturated heterocycles. The second-order valence-electron chi connectivity index (χ2n) is 4.04. The molecule has 1 rings (SSSR count). The molecule has 1 aromatic rings. The fourth-order valence-corrected chi connectivity index (χ4v) is 2.28. The van der Waals surface area contributed by atoms with Crippen LogP contribution >= 0.6 is 11.8 Å². The number of hydrogen-bond acceptors (Lipinski definition) is 6. The third kappa shape index (κ3) is 5.42. The molecule has 1 N–H and O–H groups in total. The Morgan fingerprint density at radius 1 is 1.43 bits per heavy atom. The number of para-hydroxylation sites is 1. The standard InChI is InChI=1S/C13H16N2O5S/c1-3-14-13(17)9(2)20-12(16)8-21-11-7-5-4-6-10(11)15(18)19/h4-7,9H,3,8H2,1-2H3,(H,14,17)/t9-/m0/s1. The number of rotatable bonds is 7. The van der Waals surface area contributed by atoms with E-state index in [9.17, 15) is 19.7 Å². The molecule has 1 amide bonds. The minimum Gasteiger partial charge on any atom is -0.452 e. The molecule has 0 fully saturated rings. The van der Waals surface area contributed by atoms with Gasteiger partial charge in [0, 0.05) is 12.6 Å². The van der Waals surface area contributed by atoms with Crippen LogP contribution in [0.5, 0.6) is 0 Å². The summed E-state index contributed by atoms with van der Waals surface area (Å²) in [6.07, 6.45) is -0.885. The van der Waals surface area contributed by atoms with Gasteiger partial charge in [0.2, 0.25) is 0 Å². The maximum atomic E-state index is 11.6. The lowest BCUT2D eigenvalue weighted by Gasteiger charge is -2.12. The van der Waals surface area contributed by atoms with Gasteiger partial charge in [-0.1, -0.05) is 12.1 Å². The summed E-state index contributed by atoms with van der Waals surface area (Å²) in [5, 5.41) is 13.4. The van der Waals surface area contributed by atoms with Gasteiger partial charge in [0.05, 0.1) is 15.6 Å². The molecule has 0 heterocycles. The molecule has 21 heavy (non-hydrogen) atoms. The van der Waals surface area contributed by atoms with Crippen molar-refractivity contribution in [1.82, 2.24) is 5.32 Å². The highest BCUT2D eigenvalue weighted by Gasteiger charge is 2.19. The molecule has 0 aliphatic rings. The highest BCUT2D eigenvalue weighted by molar-refractivity contribution is 8.00. The highest BCUT2D eigenvalue weighted by Crippen LogP contribution is 2.28. The Labute approximate surface area is 126 Å². The third-order valence-corrected chi connectivity index (χ3v) is 3.47. The van der Waals surface area contributed by atoms with E-state index in [1.54, 1.807) is 25.1 Å². The van der Waals surface area contributed by atoms with Gasteiger partial charge in [-0.25, -0.2) is 0 Å². The zero-order valence-corrected chi connectivity index (χ0v) is 12.5. The predicted octanol–water partition coefficient (Wildman–Crippen LogP) is 1.75. The molecular formula is C13H16N2O5S. The summed E-state index contributed by atoms with van der Waals surface area (Å²) in [5.41, 5.74) is -0.0629. The number of thioether (sulfide) groups is 1. The number of nitro benzene ring substituents is 1. The normalized spacial score (nSPS) is 11.5. The van der Waals surface area contributed by atoms with Crippen LogP contribution in [0.3, 0.4) is 0 Å². The molecule has 1 atom stereocenters. The summed E-state index contributed by atoms with van der Waals surface area (Å²) >= 11 is 1.00. The number of nitrogens with zero attached hydrogens (tertiary/aromatic N) is 1.